The topological polar surface area (TPSA) is 32.3 Å². The van der Waals surface area contributed by atoms with E-state index in [1.165, 1.54) is 6.42 Å². The highest BCUT2D eigenvalue weighted by Gasteiger charge is 2.26. The molecular weight excluding hydrogens is 200 g/mol. The highest BCUT2D eigenvalue weighted by Crippen LogP contribution is 2.21. The number of hydrogen-bond acceptors (Lipinski definition) is 2. The molecule has 1 N–H and O–H groups in total. The van der Waals surface area contributed by atoms with Crippen molar-refractivity contribution in [1.29, 1.82) is 0 Å². The Hall–Kier alpha value is -0.570. The summed E-state index contributed by atoms with van der Waals surface area (Å²) < 4.78 is 0. The molecule has 3 heteroatoms. The van der Waals surface area contributed by atoms with Crippen molar-refractivity contribution in [2.75, 3.05) is 13.1 Å². The maximum Gasteiger partial charge on any atom is 0.224 e. The van der Waals surface area contributed by atoms with Crippen molar-refractivity contribution in [3.8, 4) is 0 Å². The highest BCUT2D eigenvalue weighted by molar-refractivity contribution is 5.76. The molecule has 0 bridgehead atoms. The van der Waals surface area contributed by atoms with E-state index < -0.39 is 0 Å². The van der Waals surface area contributed by atoms with Gasteiger partial charge in [-0.25, -0.2) is 0 Å². The number of likely N-dealkylation sites (tertiary alicyclic amines) is 1. The van der Waals surface area contributed by atoms with Gasteiger partial charge >= 0.3 is 0 Å². The van der Waals surface area contributed by atoms with Crippen LogP contribution in [-0.4, -0.2) is 36.0 Å². The summed E-state index contributed by atoms with van der Waals surface area (Å²) >= 11 is 0. The zero-order chi connectivity index (χ0) is 12.1. The Labute approximate surface area is 99.6 Å². The summed E-state index contributed by atoms with van der Waals surface area (Å²) in [4.78, 5) is 14.1. The lowest BCUT2D eigenvalue weighted by atomic mass is 9.95. The molecule has 0 aromatic carbocycles. The lowest BCUT2D eigenvalue weighted by molar-refractivity contribution is -0.135. The summed E-state index contributed by atoms with van der Waals surface area (Å²) in [5, 5.41) is 3.29. The van der Waals surface area contributed by atoms with Gasteiger partial charge in [0.1, 0.15) is 0 Å². The van der Waals surface area contributed by atoms with Gasteiger partial charge in [0.25, 0.3) is 0 Å². The van der Waals surface area contributed by atoms with Crippen molar-refractivity contribution in [2.45, 2.75) is 59.0 Å². The maximum absolute atomic E-state index is 12.0. The van der Waals surface area contributed by atoms with Crippen LogP contribution in [0.3, 0.4) is 0 Å². The molecule has 1 amide bonds. The molecule has 16 heavy (non-hydrogen) atoms. The Morgan fingerprint density at radius 3 is 2.69 bits per heavy atom. The monoisotopic (exact) mass is 226 g/mol. The third kappa shape index (κ3) is 4.12. The van der Waals surface area contributed by atoms with Gasteiger partial charge < -0.3 is 10.2 Å². The summed E-state index contributed by atoms with van der Waals surface area (Å²) in [7, 11) is 0. The summed E-state index contributed by atoms with van der Waals surface area (Å²) in [6.45, 7) is 10.4. The SMILES string of the molecule is CC1CCC(C)N(C(=O)CCNC(C)C)C1. The van der Waals surface area contributed by atoms with Crippen LogP contribution in [0.2, 0.25) is 0 Å². The van der Waals surface area contributed by atoms with Gasteiger partial charge in [-0.1, -0.05) is 20.8 Å². The fourth-order valence-corrected chi connectivity index (χ4v) is 2.25. The second kappa shape index (κ2) is 6.24. The van der Waals surface area contributed by atoms with Gasteiger partial charge in [-0.05, 0) is 25.7 Å². The summed E-state index contributed by atoms with van der Waals surface area (Å²) in [6.07, 6.45) is 3.05. The molecule has 0 saturated carbocycles. The van der Waals surface area contributed by atoms with E-state index in [-0.39, 0.29) is 0 Å². The summed E-state index contributed by atoms with van der Waals surface area (Å²) in [5.74, 6) is 0.977. The average Bonchev–Trinajstić information content (AvgIpc) is 2.21. The Balaban J connectivity index is 2.34. The lowest BCUT2D eigenvalue weighted by Gasteiger charge is -2.37. The predicted molar refractivity (Wildman–Crippen MR) is 67.3 cm³/mol. The van der Waals surface area contributed by atoms with Crippen molar-refractivity contribution in [2.24, 2.45) is 5.92 Å². The lowest BCUT2D eigenvalue weighted by Crippen LogP contribution is -2.45. The fraction of sp³-hybridized carbons (Fsp3) is 0.923. The maximum atomic E-state index is 12.0. The average molecular weight is 226 g/mol. The minimum absolute atomic E-state index is 0.312. The Morgan fingerprint density at radius 1 is 1.38 bits per heavy atom. The van der Waals surface area contributed by atoms with Crippen molar-refractivity contribution in [3.63, 3.8) is 0 Å². The van der Waals surface area contributed by atoms with E-state index in [2.05, 4.69) is 37.9 Å². The number of piperidine rings is 1. The van der Waals surface area contributed by atoms with Crippen LogP contribution in [0, 0.1) is 5.92 Å². The van der Waals surface area contributed by atoms with Crippen LogP contribution in [0.25, 0.3) is 0 Å². The molecular formula is C13H26N2O. The van der Waals surface area contributed by atoms with Gasteiger partial charge in [0.05, 0.1) is 0 Å². The Kier molecular flexibility index (Phi) is 5.26. The molecule has 1 aliphatic rings. The van der Waals surface area contributed by atoms with Gasteiger partial charge in [-0.3, -0.25) is 4.79 Å². The zero-order valence-corrected chi connectivity index (χ0v) is 11.1. The standard InChI is InChI=1S/C13H26N2O/c1-10(2)14-8-7-13(16)15-9-11(3)5-6-12(15)4/h10-12,14H,5-9H2,1-4H3. The van der Waals surface area contributed by atoms with E-state index in [4.69, 9.17) is 0 Å². The van der Waals surface area contributed by atoms with Crippen molar-refractivity contribution in [1.82, 2.24) is 10.2 Å². The van der Waals surface area contributed by atoms with Crippen molar-refractivity contribution < 1.29 is 4.79 Å². The summed E-state index contributed by atoms with van der Waals surface area (Å²) in [5.41, 5.74) is 0. The van der Waals surface area contributed by atoms with Crippen molar-refractivity contribution in [3.05, 3.63) is 0 Å². The molecule has 1 heterocycles. The molecule has 1 saturated heterocycles. The fourth-order valence-electron chi connectivity index (χ4n) is 2.25. The van der Waals surface area contributed by atoms with Crippen LogP contribution in [-0.2, 0) is 4.79 Å². The normalized spacial score (nSPS) is 26.2. The molecule has 0 aliphatic carbocycles. The first-order valence-corrected chi connectivity index (χ1v) is 6.53. The van der Waals surface area contributed by atoms with Crippen LogP contribution in [0.15, 0.2) is 0 Å². The minimum Gasteiger partial charge on any atom is -0.340 e. The Bertz CT molecular complexity index is 228. The number of carbonyl (C=O) groups excluding carboxylic acids is 1. The van der Waals surface area contributed by atoms with E-state index >= 15 is 0 Å². The molecule has 0 radical (unpaired) electrons. The van der Waals surface area contributed by atoms with Crippen LogP contribution in [0.4, 0.5) is 0 Å². The van der Waals surface area contributed by atoms with E-state index in [0.717, 1.165) is 19.5 Å². The number of rotatable bonds is 4. The first-order valence-electron chi connectivity index (χ1n) is 6.53. The van der Waals surface area contributed by atoms with Crippen LogP contribution < -0.4 is 5.32 Å². The van der Waals surface area contributed by atoms with Gasteiger partial charge in [0.2, 0.25) is 5.91 Å². The van der Waals surface area contributed by atoms with Gasteiger partial charge in [0, 0.05) is 31.6 Å². The van der Waals surface area contributed by atoms with Gasteiger partial charge in [-0.15, -0.1) is 0 Å². The first kappa shape index (κ1) is 13.5. The quantitative estimate of drug-likeness (QED) is 0.795. The molecule has 0 spiro atoms. The summed E-state index contributed by atoms with van der Waals surface area (Å²) in [6, 6.07) is 0.897. The molecule has 94 valence electrons. The smallest absolute Gasteiger partial charge is 0.224 e. The third-order valence-corrected chi connectivity index (χ3v) is 3.33. The van der Waals surface area contributed by atoms with E-state index in [9.17, 15) is 4.79 Å². The zero-order valence-electron chi connectivity index (χ0n) is 11.1. The first-order chi connectivity index (χ1) is 7.50. The van der Waals surface area contributed by atoms with Crippen LogP contribution >= 0.6 is 0 Å². The molecule has 3 nitrogen and oxygen atoms in total. The number of carbonyl (C=O) groups is 1. The van der Waals surface area contributed by atoms with Gasteiger partial charge in [-0.2, -0.15) is 0 Å². The third-order valence-electron chi connectivity index (χ3n) is 3.33. The Morgan fingerprint density at radius 2 is 2.06 bits per heavy atom. The molecule has 1 rings (SSSR count). The highest BCUT2D eigenvalue weighted by atomic mass is 16.2. The second-order valence-corrected chi connectivity index (χ2v) is 5.44. The van der Waals surface area contributed by atoms with Crippen LogP contribution in [0.5, 0.6) is 0 Å². The molecule has 0 aromatic heterocycles. The molecule has 1 fully saturated rings. The van der Waals surface area contributed by atoms with E-state index in [0.29, 0.717) is 30.3 Å². The number of nitrogens with one attached hydrogen (secondary N) is 1. The van der Waals surface area contributed by atoms with E-state index in [1.54, 1.807) is 0 Å². The second-order valence-electron chi connectivity index (χ2n) is 5.44. The van der Waals surface area contributed by atoms with E-state index in [1.807, 2.05) is 0 Å². The molecule has 0 aromatic rings. The number of hydrogen-bond donors (Lipinski definition) is 1. The minimum atomic E-state index is 0.312. The molecule has 2 unspecified atom stereocenters. The predicted octanol–water partition coefficient (Wildman–Crippen LogP) is 2.02. The van der Waals surface area contributed by atoms with Gasteiger partial charge in [0.15, 0.2) is 0 Å². The number of amides is 1. The molecule has 1 aliphatic heterocycles. The largest absolute Gasteiger partial charge is 0.340 e. The van der Waals surface area contributed by atoms with Crippen molar-refractivity contribution >= 4 is 5.91 Å². The number of nitrogens with zero attached hydrogens (tertiary/aromatic N) is 1. The van der Waals surface area contributed by atoms with Crippen LogP contribution in [0.1, 0.15) is 47.0 Å². The molecule has 2 atom stereocenters.